The zero-order chi connectivity index (χ0) is 5.86. The molecule has 0 rings (SSSR count). The van der Waals surface area contributed by atoms with Gasteiger partial charge in [-0.05, 0) is 6.92 Å². The van der Waals surface area contributed by atoms with Crippen LogP contribution in [0.15, 0.2) is 0 Å². The van der Waals surface area contributed by atoms with Crippen LogP contribution in [-0.2, 0) is 4.79 Å². The van der Waals surface area contributed by atoms with Crippen molar-refractivity contribution in [2.24, 2.45) is 5.92 Å². The summed E-state index contributed by atoms with van der Waals surface area (Å²) in [5.74, 6) is -0.137. The Bertz CT molecular complexity index is 68.5. The van der Waals surface area contributed by atoms with Crippen molar-refractivity contribution >= 4 is 5.78 Å². The third-order valence-corrected chi connectivity index (χ3v) is 0.968. The van der Waals surface area contributed by atoms with E-state index in [1.165, 1.54) is 6.92 Å². The second-order valence-corrected chi connectivity index (χ2v) is 1.69. The number of aliphatic hydroxyl groups excluding tert-OH is 1. The minimum Gasteiger partial charge on any atom is -0.396 e. The highest BCUT2D eigenvalue weighted by molar-refractivity contribution is 5.77. The summed E-state index contributed by atoms with van der Waals surface area (Å²) in [6.45, 7) is 3.14. The molecule has 7 heavy (non-hydrogen) atoms. The lowest BCUT2D eigenvalue weighted by Crippen LogP contribution is -2.09. The second kappa shape index (κ2) is 2.75. The fourth-order valence-electron chi connectivity index (χ4n) is 0.129. The van der Waals surface area contributed by atoms with Gasteiger partial charge >= 0.3 is 0 Å². The van der Waals surface area contributed by atoms with Crippen LogP contribution < -0.4 is 0 Å². The summed E-state index contributed by atoms with van der Waals surface area (Å²) in [5, 5.41) is 8.28. The molecule has 0 fully saturated rings. The van der Waals surface area contributed by atoms with Crippen molar-refractivity contribution in [2.75, 3.05) is 6.61 Å². The maximum absolute atomic E-state index is 10.2. The molecular weight excluding hydrogens is 92.1 g/mol. The number of Topliss-reactive ketones (excluding diaryl/α,β-unsaturated/α-hetero) is 1. The number of hydrogen-bond donors (Lipinski definition) is 1. The van der Waals surface area contributed by atoms with E-state index in [2.05, 4.69) is 0 Å². The average molecular weight is 102 g/mol. The van der Waals surface area contributed by atoms with Crippen molar-refractivity contribution in [1.82, 2.24) is 0 Å². The maximum Gasteiger partial charge on any atom is 0.134 e. The van der Waals surface area contributed by atoms with Gasteiger partial charge in [0.15, 0.2) is 0 Å². The molecule has 0 saturated carbocycles. The Kier molecular flexibility index (Phi) is 2.60. The predicted molar refractivity (Wildman–Crippen MR) is 26.9 cm³/mol. The molecule has 0 spiro atoms. The molecule has 42 valence electrons. The Labute approximate surface area is 43.2 Å². The molecule has 0 amide bonds. The number of rotatable bonds is 2. The monoisotopic (exact) mass is 102 g/mol. The van der Waals surface area contributed by atoms with E-state index in [0.717, 1.165) is 0 Å². The van der Waals surface area contributed by atoms with E-state index in [-0.39, 0.29) is 18.3 Å². The van der Waals surface area contributed by atoms with E-state index in [9.17, 15) is 4.79 Å². The summed E-state index contributed by atoms with van der Waals surface area (Å²) < 4.78 is 0. The van der Waals surface area contributed by atoms with Gasteiger partial charge in [-0.3, -0.25) is 4.79 Å². The lowest BCUT2D eigenvalue weighted by atomic mass is 10.1. The summed E-state index contributed by atoms with van der Waals surface area (Å²) in [4.78, 5) is 10.2. The molecule has 1 N–H and O–H groups in total. The minimum absolute atomic E-state index is 0.0324. The normalized spacial score (nSPS) is 13.6. The highest BCUT2D eigenvalue weighted by Gasteiger charge is 2.02. The summed E-state index contributed by atoms with van der Waals surface area (Å²) >= 11 is 0. The van der Waals surface area contributed by atoms with Crippen molar-refractivity contribution < 1.29 is 9.90 Å². The molecule has 2 heteroatoms. The summed E-state index contributed by atoms with van der Waals surface area (Å²) in [7, 11) is 0. The molecule has 0 aliphatic rings. The van der Waals surface area contributed by atoms with Gasteiger partial charge in [-0.25, -0.2) is 0 Å². The van der Waals surface area contributed by atoms with E-state index in [4.69, 9.17) is 5.11 Å². The Hall–Kier alpha value is -0.370. The van der Waals surface area contributed by atoms with Crippen LogP contribution in [0.4, 0.5) is 0 Å². The summed E-state index contributed by atoms with van der Waals surface area (Å²) in [6, 6.07) is 0. The standard InChI is InChI=1S/C5H10O2/c1-4(3-6)5(2)7/h4,6H,3H2,1-2H3. The predicted octanol–water partition coefficient (Wildman–Crippen LogP) is 0.204. The maximum atomic E-state index is 10.2. The van der Waals surface area contributed by atoms with Crippen LogP contribution in [0.2, 0.25) is 0 Å². The van der Waals surface area contributed by atoms with Crippen LogP contribution in [0, 0.1) is 5.92 Å². The van der Waals surface area contributed by atoms with Crippen molar-refractivity contribution in [1.29, 1.82) is 0 Å². The fourth-order valence-corrected chi connectivity index (χ4v) is 0.129. The smallest absolute Gasteiger partial charge is 0.134 e. The molecule has 0 bridgehead atoms. The van der Waals surface area contributed by atoms with Gasteiger partial charge in [-0.2, -0.15) is 0 Å². The molecule has 2 nitrogen and oxygen atoms in total. The van der Waals surface area contributed by atoms with Crippen molar-refractivity contribution in [3.05, 3.63) is 0 Å². The zero-order valence-corrected chi connectivity index (χ0v) is 4.64. The Morgan fingerprint density at radius 2 is 2.29 bits per heavy atom. The Morgan fingerprint density at radius 1 is 1.86 bits per heavy atom. The first-order chi connectivity index (χ1) is 3.18. The molecule has 0 aliphatic carbocycles. The van der Waals surface area contributed by atoms with Crippen LogP contribution in [0.5, 0.6) is 0 Å². The summed E-state index contributed by atoms with van der Waals surface area (Å²) in [5.41, 5.74) is 0. The van der Waals surface area contributed by atoms with E-state index in [1.807, 2.05) is 0 Å². The van der Waals surface area contributed by atoms with Crippen molar-refractivity contribution in [3.8, 4) is 0 Å². The van der Waals surface area contributed by atoms with Gasteiger partial charge in [0.2, 0.25) is 0 Å². The van der Waals surface area contributed by atoms with Crippen LogP contribution in [0.1, 0.15) is 13.8 Å². The highest BCUT2D eigenvalue weighted by atomic mass is 16.3. The molecular formula is C5H10O2. The number of hydrogen-bond acceptors (Lipinski definition) is 2. The zero-order valence-electron chi connectivity index (χ0n) is 4.64. The van der Waals surface area contributed by atoms with Gasteiger partial charge in [0.1, 0.15) is 5.78 Å². The van der Waals surface area contributed by atoms with Gasteiger partial charge < -0.3 is 5.11 Å². The Balaban J connectivity index is 3.34. The molecule has 1 atom stereocenters. The van der Waals surface area contributed by atoms with E-state index in [0.29, 0.717) is 0 Å². The Morgan fingerprint density at radius 3 is 2.29 bits per heavy atom. The average Bonchev–Trinajstić information content (AvgIpc) is 1.65. The number of carbonyl (C=O) groups is 1. The van der Waals surface area contributed by atoms with Crippen molar-refractivity contribution in [2.45, 2.75) is 13.8 Å². The molecule has 0 heterocycles. The van der Waals surface area contributed by atoms with E-state index < -0.39 is 0 Å². The fraction of sp³-hybridized carbons (Fsp3) is 0.800. The van der Waals surface area contributed by atoms with Gasteiger partial charge in [0, 0.05) is 5.92 Å². The van der Waals surface area contributed by atoms with Gasteiger partial charge in [-0.15, -0.1) is 0 Å². The van der Waals surface area contributed by atoms with Crippen LogP contribution in [-0.4, -0.2) is 17.5 Å². The van der Waals surface area contributed by atoms with Gasteiger partial charge in [0.25, 0.3) is 0 Å². The molecule has 0 aromatic rings. The van der Waals surface area contributed by atoms with Crippen LogP contribution >= 0.6 is 0 Å². The molecule has 0 saturated heterocycles. The summed E-state index contributed by atoms with van der Waals surface area (Å²) in [6.07, 6.45) is 0. The van der Waals surface area contributed by atoms with Gasteiger partial charge in [-0.1, -0.05) is 6.92 Å². The highest BCUT2D eigenvalue weighted by Crippen LogP contribution is 1.91. The van der Waals surface area contributed by atoms with Crippen molar-refractivity contribution in [3.63, 3.8) is 0 Å². The molecule has 0 aromatic carbocycles. The molecule has 1 unspecified atom stereocenters. The molecule has 0 radical (unpaired) electrons. The number of carbonyl (C=O) groups excluding carboxylic acids is 1. The SMILES string of the molecule is CC(=O)C(C)CO. The van der Waals surface area contributed by atoms with E-state index in [1.54, 1.807) is 6.92 Å². The minimum atomic E-state index is -0.181. The molecule has 0 aliphatic heterocycles. The first-order valence-electron chi connectivity index (χ1n) is 2.29. The van der Waals surface area contributed by atoms with E-state index >= 15 is 0 Å². The lowest BCUT2D eigenvalue weighted by molar-refractivity contribution is -0.121. The third-order valence-electron chi connectivity index (χ3n) is 0.968. The quantitative estimate of drug-likeness (QED) is 0.541. The largest absolute Gasteiger partial charge is 0.396 e. The molecule has 0 aromatic heterocycles. The lowest BCUT2D eigenvalue weighted by Gasteiger charge is -1.97. The van der Waals surface area contributed by atoms with Gasteiger partial charge in [0.05, 0.1) is 6.61 Å². The number of ketones is 1. The second-order valence-electron chi connectivity index (χ2n) is 1.69. The van der Waals surface area contributed by atoms with Crippen LogP contribution in [0.25, 0.3) is 0 Å². The van der Waals surface area contributed by atoms with Crippen LogP contribution in [0.3, 0.4) is 0 Å². The first kappa shape index (κ1) is 6.63. The third kappa shape index (κ3) is 2.34. The topological polar surface area (TPSA) is 37.3 Å². The first-order valence-corrected chi connectivity index (χ1v) is 2.29. The number of aliphatic hydroxyl groups is 1.